The number of hydrogen-bond acceptors (Lipinski definition) is 3. The molecule has 0 aliphatic carbocycles. The lowest BCUT2D eigenvalue weighted by Gasteiger charge is -2.42. The predicted molar refractivity (Wildman–Crippen MR) is 89.1 cm³/mol. The molecule has 0 bridgehead atoms. The topological polar surface area (TPSA) is 44.5 Å². The van der Waals surface area contributed by atoms with Crippen LogP contribution in [-0.2, 0) is 0 Å². The van der Waals surface area contributed by atoms with E-state index < -0.39 is 8.32 Å². The Hall–Kier alpha value is -1.16. The lowest BCUT2D eigenvalue weighted by atomic mass is 10.3. The standard InChI is InChI=1S/C16H29NO2Si/c1-11(2)20(12(3)4,13(5)6)19-16-10-14(17)8-9-15(16)18-7/h8-13H,17H2,1-7H3. The third-order valence-electron chi connectivity index (χ3n) is 4.18. The highest BCUT2D eigenvalue weighted by molar-refractivity contribution is 6.78. The Morgan fingerprint density at radius 2 is 1.40 bits per heavy atom. The molecule has 0 radical (unpaired) electrons. The number of ether oxygens (including phenoxy) is 1. The zero-order chi connectivity index (χ0) is 15.5. The van der Waals surface area contributed by atoms with E-state index in [0.29, 0.717) is 22.3 Å². The summed E-state index contributed by atoms with van der Waals surface area (Å²) in [5, 5.41) is 0. The number of hydrogen-bond donors (Lipinski definition) is 1. The minimum absolute atomic E-state index is 0.522. The van der Waals surface area contributed by atoms with E-state index in [1.165, 1.54) is 0 Å². The molecule has 0 saturated carbocycles. The van der Waals surface area contributed by atoms with Crippen molar-refractivity contribution in [3.05, 3.63) is 18.2 Å². The molecule has 1 aromatic rings. The van der Waals surface area contributed by atoms with E-state index in [2.05, 4.69) is 41.5 Å². The quantitative estimate of drug-likeness (QED) is 0.604. The molecule has 114 valence electrons. The van der Waals surface area contributed by atoms with Gasteiger partial charge in [0.15, 0.2) is 5.75 Å². The van der Waals surface area contributed by atoms with Gasteiger partial charge in [0, 0.05) is 11.8 Å². The first-order valence-electron chi connectivity index (χ1n) is 7.38. The smallest absolute Gasteiger partial charge is 0.258 e. The largest absolute Gasteiger partial charge is 0.540 e. The maximum absolute atomic E-state index is 6.62. The van der Waals surface area contributed by atoms with E-state index in [4.69, 9.17) is 14.9 Å². The second kappa shape index (κ2) is 6.53. The van der Waals surface area contributed by atoms with Gasteiger partial charge in [0.1, 0.15) is 5.75 Å². The molecule has 0 atom stereocenters. The third kappa shape index (κ3) is 3.11. The summed E-state index contributed by atoms with van der Waals surface area (Å²) in [5.41, 5.74) is 8.18. The van der Waals surface area contributed by atoms with E-state index in [1.807, 2.05) is 18.2 Å². The van der Waals surface area contributed by atoms with Gasteiger partial charge in [-0.15, -0.1) is 0 Å². The monoisotopic (exact) mass is 295 g/mol. The summed E-state index contributed by atoms with van der Waals surface area (Å²) in [5.74, 6) is 1.55. The molecule has 4 heteroatoms. The summed E-state index contributed by atoms with van der Waals surface area (Å²) in [6.07, 6.45) is 0. The predicted octanol–water partition coefficient (Wildman–Crippen LogP) is 4.83. The highest BCUT2D eigenvalue weighted by Crippen LogP contribution is 2.44. The lowest BCUT2D eigenvalue weighted by molar-refractivity contribution is 0.383. The Bertz CT molecular complexity index is 422. The van der Waals surface area contributed by atoms with E-state index in [0.717, 1.165) is 11.5 Å². The van der Waals surface area contributed by atoms with Crippen LogP contribution in [0, 0.1) is 0 Å². The van der Waals surface area contributed by atoms with Crippen LogP contribution >= 0.6 is 0 Å². The minimum Gasteiger partial charge on any atom is -0.540 e. The lowest BCUT2D eigenvalue weighted by Crippen LogP contribution is -2.50. The number of anilines is 1. The van der Waals surface area contributed by atoms with Crippen LogP contribution in [-0.4, -0.2) is 15.4 Å². The molecule has 0 aromatic heterocycles. The highest BCUT2D eigenvalue weighted by atomic mass is 28.4. The van der Waals surface area contributed by atoms with E-state index in [-0.39, 0.29) is 0 Å². The van der Waals surface area contributed by atoms with Crippen LogP contribution in [0.4, 0.5) is 5.69 Å². The molecule has 0 fully saturated rings. The molecule has 0 aliphatic rings. The van der Waals surface area contributed by atoms with E-state index in [1.54, 1.807) is 7.11 Å². The summed E-state index contributed by atoms with van der Waals surface area (Å²) in [4.78, 5) is 0. The van der Waals surface area contributed by atoms with Gasteiger partial charge in [-0.2, -0.15) is 0 Å². The van der Waals surface area contributed by atoms with Crippen molar-refractivity contribution in [2.45, 2.75) is 58.2 Å². The van der Waals surface area contributed by atoms with E-state index in [9.17, 15) is 0 Å². The normalized spacial score (nSPS) is 12.3. The van der Waals surface area contributed by atoms with Crippen LogP contribution in [0.25, 0.3) is 0 Å². The molecule has 0 unspecified atom stereocenters. The van der Waals surface area contributed by atoms with Gasteiger partial charge < -0.3 is 14.9 Å². The Morgan fingerprint density at radius 1 is 0.900 bits per heavy atom. The Balaban J connectivity index is 3.29. The van der Waals surface area contributed by atoms with Crippen LogP contribution in [0.1, 0.15) is 41.5 Å². The summed E-state index contributed by atoms with van der Waals surface area (Å²) < 4.78 is 12.1. The first-order valence-corrected chi connectivity index (χ1v) is 9.52. The molecule has 1 rings (SSSR count). The SMILES string of the molecule is COc1ccc(N)cc1O[Si](C(C)C)(C(C)C)C(C)C. The fourth-order valence-corrected chi connectivity index (χ4v) is 8.56. The summed E-state index contributed by atoms with van der Waals surface area (Å²) in [6, 6.07) is 5.60. The molecular weight excluding hydrogens is 266 g/mol. The molecule has 0 saturated heterocycles. The van der Waals surface area contributed by atoms with Crippen molar-refractivity contribution in [1.82, 2.24) is 0 Å². The molecule has 1 aromatic carbocycles. The Morgan fingerprint density at radius 3 is 1.80 bits per heavy atom. The number of benzene rings is 1. The fraction of sp³-hybridized carbons (Fsp3) is 0.625. The minimum atomic E-state index is -1.97. The van der Waals surface area contributed by atoms with Crippen LogP contribution < -0.4 is 14.9 Å². The van der Waals surface area contributed by atoms with Crippen molar-refractivity contribution in [3.63, 3.8) is 0 Å². The van der Waals surface area contributed by atoms with Crippen molar-refractivity contribution in [1.29, 1.82) is 0 Å². The van der Waals surface area contributed by atoms with Gasteiger partial charge in [0.25, 0.3) is 8.32 Å². The Kier molecular flexibility index (Phi) is 5.51. The summed E-state index contributed by atoms with van der Waals surface area (Å²) in [6.45, 7) is 13.6. The zero-order valence-electron chi connectivity index (χ0n) is 13.9. The summed E-state index contributed by atoms with van der Waals surface area (Å²) in [7, 11) is -0.306. The maximum atomic E-state index is 6.62. The van der Waals surface area contributed by atoms with Gasteiger partial charge in [0.05, 0.1) is 7.11 Å². The highest BCUT2D eigenvalue weighted by Gasteiger charge is 2.47. The van der Waals surface area contributed by atoms with Gasteiger partial charge in [-0.3, -0.25) is 0 Å². The van der Waals surface area contributed by atoms with Gasteiger partial charge in [0.2, 0.25) is 0 Å². The first-order chi connectivity index (χ1) is 9.25. The van der Waals surface area contributed by atoms with Crippen molar-refractivity contribution >= 4 is 14.0 Å². The van der Waals surface area contributed by atoms with Crippen molar-refractivity contribution in [3.8, 4) is 11.5 Å². The van der Waals surface area contributed by atoms with Crippen LogP contribution in [0.2, 0.25) is 16.6 Å². The maximum Gasteiger partial charge on any atom is 0.258 e. The third-order valence-corrected chi connectivity index (χ3v) is 10.2. The number of nitrogens with two attached hydrogens (primary N) is 1. The number of nitrogen functional groups attached to an aromatic ring is 1. The van der Waals surface area contributed by atoms with Gasteiger partial charge in [-0.1, -0.05) is 41.5 Å². The molecular formula is C16H29NO2Si. The molecule has 20 heavy (non-hydrogen) atoms. The average molecular weight is 295 g/mol. The van der Waals surface area contributed by atoms with Gasteiger partial charge >= 0.3 is 0 Å². The van der Waals surface area contributed by atoms with Gasteiger partial charge in [-0.05, 0) is 28.8 Å². The average Bonchev–Trinajstić information content (AvgIpc) is 2.34. The number of methoxy groups -OCH3 is 1. The second-order valence-corrected chi connectivity index (χ2v) is 11.7. The molecule has 0 amide bonds. The first kappa shape index (κ1) is 16.9. The van der Waals surface area contributed by atoms with Crippen LogP contribution in [0.5, 0.6) is 11.5 Å². The second-order valence-electron chi connectivity index (χ2n) is 6.33. The van der Waals surface area contributed by atoms with Crippen molar-refractivity contribution in [2.75, 3.05) is 12.8 Å². The molecule has 0 heterocycles. The summed E-state index contributed by atoms with van der Waals surface area (Å²) >= 11 is 0. The van der Waals surface area contributed by atoms with Crippen molar-refractivity contribution < 1.29 is 9.16 Å². The molecule has 0 spiro atoms. The molecule has 2 N–H and O–H groups in total. The zero-order valence-corrected chi connectivity index (χ0v) is 14.9. The van der Waals surface area contributed by atoms with Crippen LogP contribution in [0.15, 0.2) is 18.2 Å². The van der Waals surface area contributed by atoms with E-state index >= 15 is 0 Å². The van der Waals surface area contributed by atoms with Crippen molar-refractivity contribution in [2.24, 2.45) is 0 Å². The fourth-order valence-electron chi connectivity index (χ4n) is 3.32. The van der Waals surface area contributed by atoms with Gasteiger partial charge in [-0.25, -0.2) is 0 Å². The molecule has 0 aliphatic heterocycles. The number of rotatable bonds is 6. The van der Waals surface area contributed by atoms with Crippen LogP contribution in [0.3, 0.4) is 0 Å². The molecule has 3 nitrogen and oxygen atoms in total. The Labute approximate surface area is 124 Å².